The van der Waals surface area contributed by atoms with E-state index in [1.807, 2.05) is 23.5 Å². The van der Waals surface area contributed by atoms with Crippen molar-refractivity contribution in [3.05, 3.63) is 75.7 Å². The highest BCUT2D eigenvalue weighted by Crippen LogP contribution is 2.33. The summed E-state index contributed by atoms with van der Waals surface area (Å²) in [6, 6.07) is 17.1. The number of aliphatic carboxylic acids is 1. The standard InChI is InChI=1S/C27H31NO3S/c1-18-5-7-21(8-6-18)24-15-19(2)25(32-24)17-28-13-11-20-9-10-23(16-22(20)12-14-28)31-27(3,4)26(29)30/h5-10,15-16H,11-14,17H2,1-4H3,(H,29,30). The summed E-state index contributed by atoms with van der Waals surface area (Å²) in [6.07, 6.45) is 1.93. The number of aryl methyl sites for hydroxylation is 2. The number of nitrogens with zero attached hydrogens (tertiary/aromatic N) is 1. The van der Waals surface area contributed by atoms with Crippen LogP contribution in [-0.4, -0.2) is 34.7 Å². The van der Waals surface area contributed by atoms with Crippen molar-refractivity contribution in [1.82, 2.24) is 4.90 Å². The molecular weight excluding hydrogens is 418 g/mol. The summed E-state index contributed by atoms with van der Waals surface area (Å²) in [5, 5.41) is 9.34. The smallest absolute Gasteiger partial charge is 0.347 e. The van der Waals surface area contributed by atoms with E-state index in [0.29, 0.717) is 5.75 Å². The average molecular weight is 450 g/mol. The molecule has 0 saturated heterocycles. The Morgan fingerprint density at radius 3 is 2.41 bits per heavy atom. The van der Waals surface area contributed by atoms with Crippen molar-refractivity contribution in [2.24, 2.45) is 0 Å². The number of hydrogen-bond acceptors (Lipinski definition) is 4. The lowest BCUT2D eigenvalue weighted by molar-refractivity contribution is -0.152. The number of thiophene rings is 1. The van der Waals surface area contributed by atoms with Crippen molar-refractivity contribution < 1.29 is 14.6 Å². The van der Waals surface area contributed by atoms with Crippen LogP contribution < -0.4 is 4.74 Å². The third kappa shape index (κ3) is 5.05. The van der Waals surface area contributed by atoms with Crippen LogP contribution in [0.5, 0.6) is 5.75 Å². The number of carboxylic acids is 1. The molecule has 0 atom stereocenters. The summed E-state index contributed by atoms with van der Waals surface area (Å²) < 4.78 is 5.75. The van der Waals surface area contributed by atoms with Crippen LogP contribution in [0.15, 0.2) is 48.5 Å². The fourth-order valence-electron chi connectivity index (χ4n) is 4.05. The summed E-state index contributed by atoms with van der Waals surface area (Å²) >= 11 is 1.90. The van der Waals surface area contributed by atoms with Crippen molar-refractivity contribution in [2.45, 2.75) is 52.7 Å². The molecule has 4 rings (SSSR count). The second-order valence-electron chi connectivity index (χ2n) is 9.21. The van der Waals surface area contributed by atoms with Crippen molar-refractivity contribution >= 4 is 17.3 Å². The van der Waals surface area contributed by atoms with Gasteiger partial charge in [0.15, 0.2) is 5.60 Å². The first kappa shape index (κ1) is 22.6. The maximum absolute atomic E-state index is 11.4. The van der Waals surface area contributed by atoms with Crippen molar-refractivity contribution in [3.63, 3.8) is 0 Å². The highest BCUT2D eigenvalue weighted by molar-refractivity contribution is 7.15. The SMILES string of the molecule is Cc1ccc(-c2cc(C)c(CN3CCc4ccc(OC(C)(C)C(=O)O)cc4CC3)s2)cc1. The van der Waals surface area contributed by atoms with Crippen LogP contribution >= 0.6 is 11.3 Å². The average Bonchev–Trinajstić information content (AvgIpc) is 2.98. The Hall–Kier alpha value is -2.63. The molecule has 5 heteroatoms. The molecule has 1 aliphatic rings. The Balaban J connectivity index is 1.44. The Morgan fingerprint density at radius 1 is 1.03 bits per heavy atom. The molecule has 0 spiro atoms. The quantitative estimate of drug-likeness (QED) is 0.511. The lowest BCUT2D eigenvalue weighted by Crippen LogP contribution is -2.37. The predicted octanol–water partition coefficient (Wildman–Crippen LogP) is 5.87. The van der Waals surface area contributed by atoms with Gasteiger partial charge in [0.25, 0.3) is 0 Å². The van der Waals surface area contributed by atoms with Crippen LogP contribution in [-0.2, 0) is 24.2 Å². The fourth-order valence-corrected chi connectivity index (χ4v) is 5.27. The monoisotopic (exact) mass is 449 g/mol. The first-order valence-corrected chi connectivity index (χ1v) is 12.0. The number of rotatable bonds is 6. The van der Waals surface area contributed by atoms with Crippen molar-refractivity contribution in [3.8, 4) is 16.2 Å². The minimum Gasteiger partial charge on any atom is -0.478 e. The van der Waals surface area contributed by atoms with Crippen LogP contribution in [0.25, 0.3) is 10.4 Å². The van der Waals surface area contributed by atoms with Gasteiger partial charge in [-0.25, -0.2) is 4.79 Å². The molecule has 1 aliphatic heterocycles. The lowest BCUT2D eigenvalue weighted by atomic mass is 10.0. The summed E-state index contributed by atoms with van der Waals surface area (Å²) in [5.74, 6) is -0.337. The Bertz CT molecular complexity index is 1110. The zero-order chi connectivity index (χ0) is 22.9. The van der Waals surface area contributed by atoms with Crippen LogP contribution in [0.1, 0.15) is 41.0 Å². The highest BCUT2D eigenvalue weighted by Gasteiger charge is 2.29. The first-order valence-electron chi connectivity index (χ1n) is 11.1. The molecule has 3 aromatic rings. The summed E-state index contributed by atoms with van der Waals surface area (Å²) in [7, 11) is 0. The Labute approximate surface area is 194 Å². The van der Waals surface area contributed by atoms with Crippen molar-refractivity contribution in [1.29, 1.82) is 0 Å². The van der Waals surface area contributed by atoms with Gasteiger partial charge in [0.1, 0.15) is 5.75 Å². The minimum absolute atomic E-state index is 0.626. The number of fused-ring (bicyclic) bond motifs is 1. The zero-order valence-corrected chi connectivity index (χ0v) is 20.1. The number of benzene rings is 2. The summed E-state index contributed by atoms with van der Waals surface area (Å²) in [6.45, 7) is 10.5. The maximum Gasteiger partial charge on any atom is 0.347 e. The van der Waals surface area contributed by atoms with E-state index >= 15 is 0 Å². The molecule has 0 aliphatic carbocycles. The number of ether oxygens (including phenoxy) is 1. The first-order chi connectivity index (χ1) is 15.2. The van der Waals surface area contributed by atoms with Gasteiger partial charge < -0.3 is 9.84 Å². The van der Waals surface area contributed by atoms with E-state index in [-0.39, 0.29) is 0 Å². The second kappa shape index (κ2) is 9.08. The lowest BCUT2D eigenvalue weighted by Gasteiger charge is -2.22. The van der Waals surface area contributed by atoms with Gasteiger partial charge in [-0.1, -0.05) is 35.9 Å². The molecule has 0 unspecified atom stereocenters. The molecule has 0 radical (unpaired) electrons. The third-order valence-corrected chi connectivity index (χ3v) is 7.46. The predicted molar refractivity (Wildman–Crippen MR) is 131 cm³/mol. The van der Waals surface area contributed by atoms with E-state index in [0.717, 1.165) is 32.5 Å². The normalized spacial score (nSPS) is 14.6. The van der Waals surface area contributed by atoms with E-state index in [1.54, 1.807) is 13.8 Å². The third-order valence-electron chi connectivity index (χ3n) is 6.18. The molecule has 0 amide bonds. The molecule has 0 bridgehead atoms. The number of carboxylic acid groups (broad SMARTS) is 1. The molecule has 1 N–H and O–H groups in total. The topological polar surface area (TPSA) is 49.8 Å². The molecule has 0 saturated carbocycles. The van der Waals surface area contributed by atoms with E-state index in [4.69, 9.17) is 4.74 Å². The van der Waals surface area contributed by atoms with E-state index in [1.165, 1.54) is 37.6 Å². The van der Waals surface area contributed by atoms with E-state index in [2.05, 4.69) is 55.1 Å². The second-order valence-corrected chi connectivity index (χ2v) is 10.3. The molecule has 2 heterocycles. The van der Waals surface area contributed by atoms with Crippen LogP contribution in [0.2, 0.25) is 0 Å². The molecule has 4 nitrogen and oxygen atoms in total. The van der Waals surface area contributed by atoms with Gasteiger partial charge in [-0.3, -0.25) is 4.90 Å². The van der Waals surface area contributed by atoms with E-state index < -0.39 is 11.6 Å². The van der Waals surface area contributed by atoms with Gasteiger partial charge in [-0.05, 0) is 81.0 Å². The van der Waals surface area contributed by atoms with E-state index in [9.17, 15) is 9.90 Å². The molecule has 0 fully saturated rings. The van der Waals surface area contributed by atoms with Gasteiger partial charge in [-0.2, -0.15) is 0 Å². The highest BCUT2D eigenvalue weighted by atomic mass is 32.1. The number of carbonyl (C=O) groups is 1. The Morgan fingerprint density at radius 2 is 1.72 bits per heavy atom. The van der Waals surface area contributed by atoms with Gasteiger partial charge in [-0.15, -0.1) is 11.3 Å². The fraction of sp³-hybridized carbons (Fsp3) is 0.370. The molecule has 168 valence electrons. The molecule has 2 aromatic carbocycles. The van der Waals surface area contributed by atoms with Crippen LogP contribution in [0.4, 0.5) is 0 Å². The number of hydrogen-bond donors (Lipinski definition) is 1. The van der Waals surface area contributed by atoms with Crippen molar-refractivity contribution in [2.75, 3.05) is 13.1 Å². The van der Waals surface area contributed by atoms with Gasteiger partial charge in [0.05, 0.1) is 0 Å². The molecule has 1 aromatic heterocycles. The Kier molecular flexibility index (Phi) is 6.40. The largest absolute Gasteiger partial charge is 0.478 e. The maximum atomic E-state index is 11.4. The van der Waals surface area contributed by atoms with Gasteiger partial charge in [0.2, 0.25) is 0 Å². The molecular formula is C27H31NO3S. The molecule has 32 heavy (non-hydrogen) atoms. The summed E-state index contributed by atoms with van der Waals surface area (Å²) in [5.41, 5.74) is 5.28. The van der Waals surface area contributed by atoms with Gasteiger partial charge in [0, 0.05) is 29.4 Å². The van der Waals surface area contributed by atoms with Crippen LogP contribution in [0.3, 0.4) is 0 Å². The zero-order valence-electron chi connectivity index (χ0n) is 19.3. The van der Waals surface area contributed by atoms with Gasteiger partial charge >= 0.3 is 5.97 Å². The minimum atomic E-state index is -1.24. The summed E-state index contributed by atoms with van der Waals surface area (Å²) in [4.78, 5) is 16.7. The van der Waals surface area contributed by atoms with Crippen LogP contribution in [0, 0.1) is 13.8 Å².